The minimum absolute atomic E-state index is 0.0797. The molecule has 0 radical (unpaired) electrons. The van der Waals surface area contributed by atoms with Gasteiger partial charge < -0.3 is 33.0 Å². The molecule has 4 aliphatic rings. The summed E-state index contributed by atoms with van der Waals surface area (Å²) in [5, 5.41) is 25.1. The Hall–Kier alpha value is -14.0. The van der Waals surface area contributed by atoms with Gasteiger partial charge in [-0.3, -0.25) is 49.2 Å². The van der Waals surface area contributed by atoms with Crippen molar-refractivity contribution in [3.63, 3.8) is 0 Å². The van der Waals surface area contributed by atoms with Crippen LogP contribution < -0.4 is 33.0 Å². The molecular weight excluding hydrogens is 1430 g/mol. The first-order valence-corrected chi connectivity index (χ1v) is 36.2. The van der Waals surface area contributed by atoms with E-state index >= 15 is 0 Å². The van der Waals surface area contributed by atoms with Gasteiger partial charge in [-0.25, -0.2) is 28.7 Å². The molecule has 0 spiro atoms. The molecule has 12 aromatic rings. The maximum atomic E-state index is 14.6. The number of fused-ring (bicyclic) bond motifs is 4. The number of aromatic nitrogens is 5. The van der Waals surface area contributed by atoms with Crippen LogP contribution >= 0.6 is 0 Å². The lowest BCUT2D eigenvalue weighted by molar-refractivity contribution is -0.387. The first-order chi connectivity index (χ1) is 54.0. The maximum Gasteiger partial charge on any atom is 0.305 e. The van der Waals surface area contributed by atoms with E-state index in [4.69, 9.17) is 27.7 Å². The van der Waals surface area contributed by atoms with Gasteiger partial charge in [0.25, 0.3) is 11.6 Å². The summed E-state index contributed by atoms with van der Waals surface area (Å²) in [4.78, 5) is 102. The van der Waals surface area contributed by atoms with Crippen molar-refractivity contribution in [2.45, 2.75) is 84.0 Å². The molecular formula is C87H73F3N12O10. The number of nitrogens with two attached hydrogens (primary N) is 4. The van der Waals surface area contributed by atoms with Crippen LogP contribution in [-0.4, -0.2) is 77.5 Å². The molecule has 0 saturated heterocycles. The van der Waals surface area contributed by atoms with Gasteiger partial charge in [0.2, 0.25) is 5.82 Å². The fourth-order valence-electron chi connectivity index (χ4n) is 14.4. The van der Waals surface area contributed by atoms with Crippen molar-refractivity contribution in [3.05, 3.63) is 283 Å². The number of aryl methyl sites for hydroxylation is 4. The first kappa shape index (κ1) is 76.2. The first-order valence-electron chi connectivity index (χ1n) is 36.2. The van der Waals surface area contributed by atoms with Crippen molar-refractivity contribution in [1.82, 2.24) is 30.2 Å². The van der Waals surface area contributed by atoms with E-state index in [0.29, 0.717) is 82.8 Å². The summed E-state index contributed by atoms with van der Waals surface area (Å²) in [5.41, 5.74) is 40.5. The highest BCUT2D eigenvalue weighted by Crippen LogP contribution is 2.41. The Balaban J connectivity index is 0.000000131. The second-order valence-corrected chi connectivity index (χ2v) is 27.2. The lowest BCUT2D eigenvalue weighted by Crippen LogP contribution is -2.22. The van der Waals surface area contributed by atoms with Crippen LogP contribution in [-0.2, 0) is 25.7 Å². The molecule has 4 aliphatic carbocycles. The van der Waals surface area contributed by atoms with E-state index in [1.807, 2.05) is 61.5 Å². The van der Waals surface area contributed by atoms with Crippen LogP contribution in [0.15, 0.2) is 195 Å². The van der Waals surface area contributed by atoms with E-state index in [9.17, 15) is 57.4 Å². The number of hydrogen-bond donors (Lipinski definition) is 5. The summed E-state index contributed by atoms with van der Waals surface area (Å²) in [6.45, 7) is 2.31. The molecule has 22 nitrogen and oxygen atoms in total. The van der Waals surface area contributed by atoms with E-state index in [2.05, 4.69) is 36.3 Å². The van der Waals surface area contributed by atoms with Gasteiger partial charge in [-0.05, 0) is 163 Å². The van der Waals surface area contributed by atoms with Crippen molar-refractivity contribution >= 4 is 63.7 Å². The summed E-state index contributed by atoms with van der Waals surface area (Å²) in [6, 6.07) is 43.0. The number of nitro benzene ring substituents is 2. The van der Waals surface area contributed by atoms with Crippen molar-refractivity contribution in [2.24, 2.45) is 0 Å². The molecule has 0 bridgehead atoms. The molecule has 5 heterocycles. The Morgan fingerprint density at radius 1 is 0.420 bits per heavy atom. The van der Waals surface area contributed by atoms with E-state index in [1.54, 1.807) is 68.2 Å². The Labute approximate surface area is 640 Å². The van der Waals surface area contributed by atoms with E-state index < -0.39 is 33.0 Å². The van der Waals surface area contributed by atoms with E-state index in [1.165, 1.54) is 48.9 Å². The number of nitro groups is 2. The maximum absolute atomic E-state index is 14.6. The fraction of sp³-hybridized carbons (Fsp3) is 0.172. The molecule has 1 amide bonds. The number of methoxy groups -OCH3 is 1. The smallest absolute Gasteiger partial charge is 0.305 e. The molecule has 0 fully saturated rings. The number of halogens is 3. The average Bonchev–Trinajstić information content (AvgIpc) is 0.457. The molecule has 0 atom stereocenters. The highest BCUT2D eigenvalue weighted by atomic mass is 19.1. The summed E-state index contributed by atoms with van der Waals surface area (Å²) < 4.78 is 48.3. The number of nitrogens with zero attached hydrogens (tertiary/aromatic N) is 7. The third-order valence-corrected chi connectivity index (χ3v) is 20.1. The van der Waals surface area contributed by atoms with Crippen LogP contribution in [0.25, 0.3) is 89.0 Å². The zero-order chi connectivity index (χ0) is 79.0. The monoisotopic (exact) mass is 1500 g/mol. The number of nitrogens with one attached hydrogen (secondary N) is 1. The number of carbonyl (C=O) groups is 5. The number of hydrogen-bond acceptors (Lipinski definition) is 19. The van der Waals surface area contributed by atoms with Gasteiger partial charge in [0.05, 0.1) is 22.5 Å². The number of amides is 1. The molecule has 0 saturated carbocycles. The molecule has 0 aliphatic heterocycles. The molecule has 7 aromatic carbocycles. The van der Waals surface area contributed by atoms with Crippen LogP contribution in [0, 0.1) is 37.7 Å². The highest BCUT2D eigenvalue weighted by Gasteiger charge is 2.27. The minimum Gasteiger partial charge on any atom is -0.496 e. The summed E-state index contributed by atoms with van der Waals surface area (Å²) >= 11 is 0. The van der Waals surface area contributed by atoms with Crippen molar-refractivity contribution < 1.29 is 51.7 Å². The van der Waals surface area contributed by atoms with Crippen LogP contribution in [0.1, 0.15) is 132 Å². The molecule has 9 N–H and O–H groups in total. The van der Waals surface area contributed by atoms with Crippen LogP contribution in [0.4, 0.5) is 47.8 Å². The molecule has 25 heteroatoms. The van der Waals surface area contributed by atoms with Crippen LogP contribution in [0.2, 0.25) is 0 Å². The number of rotatable bonds is 13. The summed E-state index contributed by atoms with van der Waals surface area (Å²) in [7, 11) is 1.63. The van der Waals surface area contributed by atoms with Gasteiger partial charge in [-0.2, -0.15) is 4.39 Å². The molecule has 0 unspecified atom stereocenters. The van der Waals surface area contributed by atoms with Gasteiger partial charge in [0.1, 0.15) is 40.7 Å². The Morgan fingerprint density at radius 3 is 1.22 bits per heavy atom. The lowest BCUT2D eigenvalue weighted by Gasteiger charge is -2.16. The second-order valence-electron chi connectivity index (χ2n) is 27.2. The van der Waals surface area contributed by atoms with Gasteiger partial charge in [-0.1, -0.05) is 84.9 Å². The van der Waals surface area contributed by atoms with Crippen molar-refractivity contribution in [1.29, 1.82) is 0 Å². The third-order valence-electron chi connectivity index (χ3n) is 20.1. The van der Waals surface area contributed by atoms with Gasteiger partial charge >= 0.3 is 5.69 Å². The third kappa shape index (κ3) is 16.4. The Morgan fingerprint density at radius 2 is 0.821 bits per heavy atom. The SMILES string of the molecule is CCNC(=O)c1ccc(F)c(-c2cnc(N)c(-c3ccc4c(c3)CCCC4=O)c2)c1.COc1ccncc1-c1cnc(N)c(-c2ccc3c(c2)CCCC3=O)c1.Nc1ncc(-c2cc(F)ccc2[N+](=O)[O-])cc1-c1ccc2c(c1)CCCC2=O.Nc1ncc(-c2cccc([N+](=O)[O-])c2F)cc1-c1ccc2c(c1)CCCC2=O. The number of ether oxygens (including phenoxy) is 1. The standard InChI is InChI=1S/C24H22FN3O2.2C21H16FN3O3.C21H19N3O2/c1-2-27-24(30)16-7-9-21(25)19(11-16)17-12-20(23(26)28-13-17)15-6-8-18-14(10-15)4-3-5-22(18)29;22-20-16(4-2-5-18(20)25(27)28)14-10-17(21(23)24-11-14)13-7-8-15-12(9-13)3-1-6-19(15)26;22-15-5-7-19(25(27)28)17(10-15)14-9-18(21(23)24-11-14)13-4-6-16-12(8-13)2-1-3-20(16)26;1-26-20-7-8-23-12-18(20)15-10-17(21(22)24-11-15)14-5-6-16-13(9-14)3-2-4-19(16)25/h6-13H,2-5H2,1H3,(H2,26,28)(H,27,30);2,4-5,7-11H,1,3,6H2,(H2,23,24);4-11H,1-3H2,(H2,23,24);5-12H,2-4H2,1H3,(H2,22,24). The summed E-state index contributed by atoms with van der Waals surface area (Å²) in [5.74, 6) is 0.458. The Bertz CT molecular complexity index is 5820. The number of anilines is 4. The summed E-state index contributed by atoms with van der Waals surface area (Å²) in [6.07, 6.45) is 18.5. The lowest BCUT2D eigenvalue weighted by atomic mass is 9.88. The van der Waals surface area contributed by atoms with E-state index in [0.717, 1.165) is 165 Å². The second kappa shape index (κ2) is 33.3. The predicted octanol–water partition coefficient (Wildman–Crippen LogP) is 17.5. The number of benzene rings is 7. The molecule has 112 heavy (non-hydrogen) atoms. The van der Waals surface area contributed by atoms with Crippen molar-refractivity contribution in [3.8, 4) is 94.8 Å². The average molecular weight is 1500 g/mol. The van der Waals surface area contributed by atoms with Crippen LogP contribution in [0.3, 0.4) is 0 Å². The molecule has 562 valence electrons. The Kier molecular flexibility index (Phi) is 22.6. The zero-order valence-electron chi connectivity index (χ0n) is 60.8. The van der Waals surface area contributed by atoms with E-state index in [-0.39, 0.29) is 63.1 Å². The van der Waals surface area contributed by atoms with Gasteiger partial charge in [0, 0.05) is 171 Å². The number of nitrogen functional groups attached to an aromatic ring is 4. The van der Waals surface area contributed by atoms with Crippen LogP contribution in [0.5, 0.6) is 5.75 Å². The fourth-order valence-corrected chi connectivity index (χ4v) is 14.4. The highest BCUT2D eigenvalue weighted by molar-refractivity contribution is 6.02. The minimum atomic E-state index is -0.916. The molecule has 16 rings (SSSR count). The van der Waals surface area contributed by atoms with Gasteiger partial charge in [-0.15, -0.1) is 0 Å². The van der Waals surface area contributed by atoms with Gasteiger partial charge in [0.15, 0.2) is 23.1 Å². The predicted molar refractivity (Wildman–Crippen MR) is 423 cm³/mol. The number of pyridine rings is 5. The number of carbonyl (C=O) groups excluding carboxylic acids is 5. The quantitative estimate of drug-likeness (QED) is 0.0529. The number of ketones is 4. The normalized spacial score (nSPS) is 13.2. The molecule has 5 aromatic heterocycles. The largest absolute Gasteiger partial charge is 0.496 e. The zero-order valence-corrected chi connectivity index (χ0v) is 60.8. The van der Waals surface area contributed by atoms with Crippen molar-refractivity contribution in [2.75, 3.05) is 36.6 Å². The number of Topliss-reactive ketones (excluding diaryl/α,β-unsaturated/α-hetero) is 4. The topological polar surface area (TPSA) is 361 Å².